The molecule has 1 aliphatic rings. The Morgan fingerprint density at radius 2 is 2.00 bits per heavy atom. The van der Waals surface area contributed by atoms with Crippen molar-refractivity contribution >= 4 is 11.6 Å². The molecular formula is C16H17ClN2. The molecule has 1 aromatic heterocycles. The fourth-order valence-electron chi connectivity index (χ4n) is 2.54. The van der Waals surface area contributed by atoms with E-state index in [0.717, 1.165) is 23.7 Å². The van der Waals surface area contributed by atoms with E-state index >= 15 is 0 Å². The van der Waals surface area contributed by atoms with E-state index in [1.165, 1.54) is 24.1 Å². The Bertz CT molecular complexity index is 545. The van der Waals surface area contributed by atoms with Crippen LogP contribution in [0.4, 0.5) is 0 Å². The van der Waals surface area contributed by atoms with E-state index in [1.807, 2.05) is 12.1 Å². The van der Waals surface area contributed by atoms with Gasteiger partial charge in [-0.25, -0.2) is 0 Å². The van der Waals surface area contributed by atoms with Gasteiger partial charge < -0.3 is 5.32 Å². The maximum absolute atomic E-state index is 5.90. The van der Waals surface area contributed by atoms with Gasteiger partial charge in [-0.05, 0) is 49.2 Å². The maximum Gasteiger partial charge on any atom is 0.0576 e. The molecule has 1 unspecified atom stereocenters. The molecule has 0 saturated carbocycles. The topological polar surface area (TPSA) is 24.9 Å². The van der Waals surface area contributed by atoms with Gasteiger partial charge in [0, 0.05) is 23.2 Å². The average Bonchev–Trinajstić information content (AvgIpc) is 2.96. The molecule has 3 heteroatoms. The Kier molecular flexibility index (Phi) is 3.81. The number of hydrogen-bond donors (Lipinski definition) is 1. The molecule has 0 radical (unpaired) electrons. The third-order valence-corrected chi connectivity index (χ3v) is 3.80. The Labute approximate surface area is 118 Å². The minimum atomic E-state index is 0.435. The summed E-state index contributed by atoms with van der Waals surface area (Å²) in [5.74, 6) is 0. The number of rotatable bonds is 3. The van der Waals surface area contributed by atoms with Crippen LogP contribution >= 0.6 is 11.6 Å². The van der Waals surface area contributed by atoms with Crippen LogP contribution in [0.5, 0.6) is 0 Å². The van der Waals surface area contributed by atoms with Gasteiger partial charge in [0.2, 0.25) is 0 Å². The van der Waals surface area contributed by atoms with Crippen LogP contribution in [0.2, 0.25) is 5.02 Å². The van der Waals surface area contributed by atoms with E-state index in [9.17, 15) is 0 Å². The van der Waals surface area contributed by atoms with Crippen LogP contribution in [-0.4, -0.2) is 11.5 Å². The summed E-state index contributed by atoms with van der Waals surface area (Å²) < 4.78 is 0. The highest BCUT2D eigenvalue weighted by Crippen LogP contribution is 2.22. The fourth-order valence-corrected chi connectivity index (χ4v) is 2.67. The number of halogens is 1. The van der Waals surface area contributed by atoms with Gasteiger partial charge in [0.05, 0.1) is 5.69 Å². The molecule has 0 spiro atoms. The number of pyridine rings is 1. The molecule has 1 fully saturated rings. The summed E-state index contributed by atoms with van der Waals surface area (Å²) in [7, 11) is 0. The highest BCUT2D eigenvalue weighted by Gasteiger charge is 2.17. The van der Waals surface area contributed by atoms with Gasteiger partial charge in [-0.15, -0.1) is 0 Å². The average molecular weight is 273 g/mol. The number of nitrogens with one attached hydrogen (secondary N) is 1. The lowest BCUT2D eigenvalue weighted by Gasteiger charge is -2.11. The van der Waals surface area contributed by atoms with Crippen molar-refractivity contribution in [2.75, 3.05) is 6.54 Å². The second kappa shape index (κ2) is 5.72. The van der Waals surface area contributed by atoms with Crippen molar-refractivity contribution in [3.05, 3.63) is 64.4 Å². The van der Waals surface area contributed by atoms with E-state index in [4.69, 9.17) is 16.6 Å². The smallest absolute Gasteiger partial charge is 0.0576 e. The third kappa shape index (κ3) is 3.14. The first-order valence-corrected chi connectivity index (χ1v) is 7.13. The van der Waals surface area contributed by atoms with Crippen LogP contribution in [0.1, 0.15) is 35.8 Å². The Morgan fingerprint density at radius 1 is 1.16 bits per heavy atom. The van der Waals surface area contributed by atoms with Crippen LogP contribution in [0.25, 0.3) is 0 Å². The van der Waals surface area contributed by atoms with Crippen LogP contribution in [0.15, 0.2) is 42.5 Å². The van der Waals surface area contributed by atoms with Crippen LogP contribution in [0.3, 0.4) is 0 Å². The van der Waals surface area contributed by atoms with Crippen molar-refractivity contribution in [3.8, 4) is 0 Å². The Hall–Kier alpha value is -1.38. The van der Waals surface area contributed by atoms with Gasteiger partial charge in [-0.1, -0.05) is 29.8 Å². The van der Waals surface area contributed by atoms with Gasteiger partial charge in [0.25, 0.3) is 0 Å². The summed E-state index contributed by atoms with van der Waals surface area (Å²) in [6.45, 7) is 1.10. The standard InChI is InChI=1S/C16H17ClN2/c17-13-8-6-12(7-9-13)11-14-3-1-4-16(19-14)15-5-2-10-18-15/h1,3-4,6-9,15,18H,2,5,10-11H2. The van der Waals surface area contributed by atoms with Gasteiger partial charge in [0.1, 0.15) is 0 Å². The monoisotopic (exact) mass is 272 g/mol. The molecule has 1 aliphatic heterocycles. The fraction of sp³-hybridized carbons (Fsp3) is 0.312. The maximum atomic E-state index is 5.90. The molecule has 19 heavy (non-hydrogen) atoms. The predicted octanol–water partition coefficient (Wildman–Crippen LogP) is 3.75. The molecule has 3 rings (SSSR count). The number of aromatic nitrogens is 1. The van der Waals surface area contributed by atoms with Crippen LogP contribution in [0, 0.1) is 0 Å². The predicted molar refractivity (Wildman–Crippen MR) is 78.5 cm³/mol. The minimum Gasteiger partial charge on any atom is -0.309 e. The van der Waals surface area contributed by atoms with Crippen molar-refractivity contribution in [1.82, 2.24) is 10.3 Å². The molecule has 1 atom stereocenters. The molecule has 1 N–H and O–H groups in total. The molecule has 2 nitrogen and oxygen atoms in total. The van der Waals surface area contributed by atoms with Gasteiger partial charge in [0.15, 0.2) is 0 Å². The largest absolute Gasteiger partial charge is 0.309 e. The Morgan fingerprint density at radius 3 is 2.74 bits per heavy atom. The van der Waals surface area contributed by atoms with Crippen LogP contribution < -0.4 is 5.32 Å². The molecule has 2 aromatic rings. The number of hydrogen-bond acceptors (Lipinski definition) is 2. The minimum absolute atomic E-state index is 0.435. The molecule has 0 aliphatic carbocycles. The van der Waals surface area contributed by atoms with Gasteiger partial charge >= 0.3 is 0 Å². The van der Waals surface area contributed by atoms with E-state index in [1.54, 1.807) is 0 Å². The zero-order chi connectivity index (χ0) is 13.1. The highest BCUT2D eigenvalue weighted by atomic mass is 35.5. The summed E-state index contributed by atoms with van der Waals surface area (Å²) in [6, 6.07) is 14.7. The summed E-state index contributed by atoms with van der Waals surface area (Å²) in [5, 5.41) is 4.27. The lowest BCUT2D eigenvalue weighted by molar-refractivity contribution is 0.625. The van der Waals surface area contributed by atoms with E-state index in [0.29, 0.717) is 6.04 Å². The first-order chi connectivity index (χ1) is 9.31. The molecule has 1 saturated heterocycles. The quantitative estimate of drug-likeness (QED) is 0.920. The number of benzene rings is 1. The van der Waals surface area contributed by atoms with Crippen molar-refractivity contribution in [3.63, 3.8) is 0 Å². The normalized spacial score (nSPS) is 18.7. The first-order valence-electron chi connectivity index (χ1n) is 6.75. The van der Waals surface area contributed by atoms with Crippen molar-refractivity contribution in [2.24, 2.45) is 0 Å². The summed E-state index contributed by atoms with van der Waals surface area (Å²) >= 11 is 5.90. The second-order valence-electron chi connectivity index (χ2n) is 5.01. The zero-order valence-corrected chi connectivity index (χ0v) is 11.5. The molecule has 98 valence electrons. The van der Waals surface area contributed by atoms with E-state index in [2.05, 4.69) is 35.6 Å². The van der Waals surface area contributed by atoms with Gasteiger partial charge in [-0.2, -0.15) is 0 Å². The van der Waals surface area contributed by atoms with Crippen molar-refractivity contribution in [1.29, 1.82) is 0 Å². The van der Waals surface area contributed by atoms with E-state index in [-0.39, 0.29) is 0 Å². The van der Waals surface area contributed by atoms with Crippen LogP contribution in [-0.2, 0) is 6.42 Å². The SMILES string of the molecule is Clc1ccc(Cc2cccc(C3CCCN3)n2)cc1. The zero-order valence-electron chi connectivity index (χ0n) is 10.8. The second-order valence-corrected chi connectivity index (χ2v) is 5.44. The third-order valence-electron chi connectivity index (χ3n) is 3.54. The summed E-state index contributed by atoms with van der Waals surface area (Å²) in [4.78, 5) is 4.78. The first kappa shape index (κ1) is 12.6. The molecule has 1 aromatic carbocycles. The molecular weight excluding hydrogens is 256 g/mol. The molecule has 2 heterocycles. The lowest BCUT2D eigenvalue weighted by Crippen LogP contribution is -2.14. The lowest BCUT2D eigenvalue weighted by atomic mass is 10.1. The van der Waals surface area contributed by atoms with Gasteiger partial charge in [-0.3, -0.25) is 4.98 Å². The molecule has 0 amide bonds. The Balaban J connectivity index is 1.77. The molecule has 0 bridgehead atoms. The number of nitrogens with zero attached hydrogens (tertiary/aromatic N) is 1. The van der Waals surface area contributed by atoms with Crippen molar-refractivity contribution < 1.29 is 0 Å². The van der Waals surface area contributed by atoms with Crippen molar-refractivity contribution in [2.45, 2.75) is 25.3 Å². The van der Waals surface area contributed by atoms with E-state index < -0.39 is 0 Å². The summed E-state index contributed by atoms with van der Waals surface area (Å²) in [5.41, 5.74) is 3.53. The summed E-state index contributed by atoms with van der Waals surface area (Å²) in [6.07, 6.45) is 3.29. The highest BCUT2D eigenvalue weighted by molar-refractivity contribution is 6.30.